The fraction of sp³-hybridized carbons (Fsp3) is 0.875. The summed E-state index contributed by atoms with van der Waals surface area (Å²) < 4.78 is 1.63. The third-order valence-electron chi connectivity index (χ3n) is 3.64. The van der Waals surface area contributed by atoms with Gasteiger partial charge in [0.05, 0.1) is 0 Å². The summed E-state index contributed by atoms with van der Waals surface area (Å²) in [5.74, 6) is 0. The van der Waals surface area contributed by atoms with Gasteiger partial charge in [0.1, 0.15) is 0 Å². The van der Waals surface area contributed by atoms with E-state index in [1.165, 1.54) is 64.2 Å². The van der Waals surface area contributed by atoms with E-state index in [1.54, 1.807) is 3.59 Å². The fourth-order valence-electron chi connectivity index (χ4n) is 2.02. The van der Waals surface area contributed by atoms with Crippen molar-refractivity contribution in [2.24, 2.45) is 0 Å². The predicted molar refractivity (Wildman–Crippen MR) is 84.3 cm³/mol. The molecular weight excluding hydrogens is 311 g/mol. The Kier molecular flexibility index (Phi) is 10.8. The summed E-state index contributed by atoms with van der Waals surface area (Å²) in [6.07, 6.45) is 14.2. The molecule has 0 N–H and O–H groups in total. The van der Waals surface area contributed by atoms with Crippen LogP contribution in [0.2, 0.25) is 14.8 Å². The number of hydrogen-bond acceptors (Lipinski definition) is 0. The Morgan fingerprint density at radius 2 is 1.18 bits per heavy atom. The molecule has 0 saturated carbocycles. The molecule has 0 rings (SSSR count). The number of rotatable bonds is 11. The Morgan fingerprint density at radius 1 is 0.765 bits per heavy atom. The van der Waals surface area contributed by atoms with Gasteiger partial charge in [0.15, 0.2) is 0 Å². The number of unbranched alkanes of at least 4 members (excludes halogenated alkanes) is 8. The molecule has 0 aliphatic heterocycles. The Bertz CT molecular complexity index is 188. The molecule has 0 unspecified atom stereocenters. The van der Waals surface area contributed by atoms with Crippen molar-refractivity contribution in [3.05, 3.63) is 10.2 Å². The Balaban J connectivity index is 3.22. The average molecular weight is 345 g/mol. The first-order valence-electron chi connectivity index (χ1n) is 7.66. The van der Waals surface area contributed by atoms with Gasteiger partial charge in [-0.05, 0) is 0 Å². The van der Waals surface area contributed by atoms with E-state index in [4.69, 9.17) is 0 Å². The Morgan fingerprint density at radius 3 is 1.59 bits per heavy atom. The van der Waals surface area contributed by atoms with Crippen molar-refractivity contribution in [3.63, 3.8) is 0 Å². The van der Waals surface area contributed by atoms with Crippen molar-refractivity contribution in [1.82, 2.24) is 0 Å². The minimum absolute atomic E-state index is 1.31. The van der Waals surface area contributed by atoms with Crippen molar-refractivity contribution in [2.75, 3.05) is 0 Å². The van der Waals surface area contributed by atoms with Crippen LogP contribution in [0.25, 0.3) is 0 Å². The maximum atomic E-state index is 4.29. The molecule has 0 atom stereocenters. The monoisotopic (exact) mass is 346 g/mol. The van der Waals surface area contributed by atoms with Crippen molar-refractivity contribution in [3.8, 4) is 0 Å². The molecule has 0 aromatic carbocycles. The molecule has 0 nitrogen and oxygen atoms in total. The third kappa shape index (κ3) is 11.4. The first kappa shape index (κ1) is 17.5. The molecule has 102 valence electrons. The molecular formula is C16H34Sn. The second-order valence-electron chi connectivity index (χ2n) is 6.43. The molecule has 0 heterocycles. The van der Waals surface area contributed by atoms with E-state index in [0.717, 1.165) is 0 Å². The summed E-state index contributed by atoms with van der Waals surface area (Å²) in [6, 6.07) is 0. The second kappa shape index (κ2) is 10.5. The Labute approximate surface area is 114 Å². The zero-order valence-electron chi connectivity index (χ0n) is 12.8. The molecule has 0 fully saturated rings. The van der Waals surface area contributed by atoms with Gasteiger partial charge in [0, 0.05) is 0 Å². The van der Waals surface area contributed by atoms with Gasteiger partial charge in [0.2, 0.25) is 0 Å². The van der Waals surface area contributed by atoms with E-state index in [0.29, 0.717) is 0 Å². The minimum atomic E-state index is -1.74. The van der Waals surface area contributed by atoms with Crippen molar-refractivity contribution in [1.29, 1.82) is 0 Å². The van der Waals surface area contributed by atoms with Crippen LogP contribution in [0, 0.1) is 0 Å². The van der Waals surface area contributed by atoms with Gasteiger partial charge in [-0.25, -0.2) is 0 Å². The molecule has 0 saturated heterocycles. The average Bonchev–Trinajstić information content (AvgIpc) is 2.25. The SMILES string of the molecule is C=[C](CCCCCCCCCCC)[Sn]([CH3])([CH3])[CH3]. The third-order valence-corrected chi connectivity index (χ3v) is 10.4. The van der Waals surface area contributed by atoms with Crippen molar-refractivity contribution >= 4 is 18.4 Å². The van der Waals surface area contributed by atoms with Crippen LogP contribution < -0.4 is 0 Å². The molecule has 0 bridgehead atoms. The van der Waals surface area contributed by atoms with Gasteiger partial charge in [-0.3, -0.25) is 0 Å². The van der Waals surface area contributed by atoms with Gasteiger partial charge >= 0.3 is 114 Å². The van der Waals surface area contributed by atoms with Crippen LogP contribution in [0.3, 0.4) is 0 Å². The van der Waals surface area contributed by atoms with Crippen LogP contribution in [-0.2, 0) is 0 Å². The predicted octanol–water partition coefficient (Wildman–Crippen LogP) is 6.34. The standard InChI is InChI=1S/C13H25.3CH3.Sn/c1-3-5-7-9-11-13-12-10-8-6-4-2;;;;/h1,4-13H2,2H3;3*1H3;. The van der Waals surface area contributed by atoms with Gasteiger partial charge in [-0.15, -0.1) is 0 Å². The van der Waals surface area contributed by atoms with Crippen LogP contribution >= 0.6 is 0 Å². The van der Waals surface area contributed by atoms with Gasteiger partial charge in [-0.1, -0.05) is 0 Å². The quantitative estimate of drug-likeness (QED) is 0.303. The molecule has 1 heteroatoms. The Hall–Kier alpha value is 0.539. The van der Waals surface area contributed by atoms with E-state index in [1.807, 2.05) is 0 Å². The summed E-state index contributed by atoms with van der Waals surface area (Å²) in [5, 5.41) is 0. The maximum absolute atomic E-state index is 4.29. The zero-order valence-corrected chi connectivity index (χ0v) is 15.6. The number of allylic oxidation sites excluding steroid dienone is 1. The summed E-state index contributed by atoms with van der Waals surface area (Å²) >= 11 is -1.74. The first-order chi connectivity index (χ1) is 7.98. The van der Waals surface area contributed by atoms with Gasteiger partial charge < -0.3 is 0 Å². The van der Waals surface area contributed by atoms with E-state index in [2.05, 4.69) is 28.3 Å². The molecule has 0 radical (unpaired) electrons. The molecule has 0 aliphatic rings. The zero-order chi connectivity index (χ0) is 13.1. The van der Waals surface area contributed by atoms with Crippen LogP contribution in [0.15, 0.2) is 10.2 Å². The van der Waals surface area contributed by atoms with Crippen molar-refractivity contribution in [2.45, 2.75) is 86.0 Å². The molecule has 17 heavy (non-hydrogen) atoms. The van der Waals surface area contributed by atoms with E-state index >= 15 is 0 Å². The van der Waals surface area contributed by atoms with Gasteiger partial charge in [-0.2, -0.15) is 0 Å². The molecule has 0 amide bonds. The summed E-state index contributed by atoms with van der Waals surface area (Å²) in [4.78, 5) is 7.43. The molecule has 0 aromatic rings. The van der Waals surface area contributed by atoms with E-state index < -0.39 is 18.4 Å². The molecule has 0 aliphatic carbocycles. The second-order valence-corrected chi connectivity index (χ2v) is 21.3. The summed E-state index contributed by atoms with van der Waals surface area (Å²) in [5.41, 5.74) is 0. The van der Waals surface area contributed by atoms with E-state index in [9.17, 15) is 0 Å². The van der Waals surface area contributed by atoms with Crippen molar-refractivity contribution < 1.29 is 0 Å². The van der Waals surface area contributed by atoms with E-state index in [-0.39, 0.29) is 0 Å². The van der Waals surface area contributed by atoms with Crippen LogP contribution in [-0.4, -0.2) is 18.4 Å². The van der Waals surface area contributed by atoms with Gasteiger partial charge in [0.25, 0.3) is 0 Å². The first-order valence-corrected chi connectivity index (χ1v) is 17.7. The molecule has 0 spiro atoms. The topological polar surface area (TPSA) is 0 Å². The summed E-state index contributed by atoms with van der Waals surface area (Å²) in [6.45, 7) is 6.57. The summed E-state index contributed by atoms with van der Waals surface area (Å²) in [7, 11) is 0. The van der Waals surface area contributed by atoms with Crippen LogP contribution in [0.1, 0.15) is 71.1 Å². The normalized spacial score (nSPS) is 11.8. The fourth-order valence-corrected chi connectivity index (χ4v) is 4.67. The van der Waals surface area contributed by atoms with Crippen LogP contribution in [0.5, 0.6) is 0 Å². The van der Waals surface area contributed by atoms with Crippen LogP contribution in [0.4, 0.5) is 0 Å². The number of hydrogen-bond donors (Lipinski definition) is 0. The molecule has 0 aromatic heterocycles.